The number of hydrogen-bond acceptors (Lipinski definition) is 11. The number of likely N-dealkylation sites (tertiary alicyclic amines) is 1. The first-order valence-electron chi connectivity index (χ1n) is 11.3. The van der Waals surface area contributed by atoms with Crippen LogP contribution < -0.4 is 22.1 Å². The highest BCUT2D eigenvalue weighted by atomic mass is 16.5. The number of amides is 3. The number of aliphatic imine (C=N–C) groups is 2. The van der Waals surface area contributed by atoms with Gasteiger partial charge in [-0.05, 0) is 31.0 Å². The molecule has 3 amide bonds. The molecule has 5 rings (SSSR count). The molecule has 1 aromatic carbocycles. The van der Waals surface area contributed by atoms with Crippen molar-refractivity contribution in [1.29, 1.82) is 0 Å². The first kappa shape index (κ1) is 23.1. The van der Waals surface area contributed by atoms with Gasteiger partial charge in [0.25, 0.3) is 5.91 Å². The number of aliphatic hydroxyl groups is 2. The molecule has 8 N–H and O–H groups in total. The van der Waals surface area contributed by atoms with E-state index in [1.165, 1.54) is 4.90 Å². The second-order valence-corrected chi connectivity index (χ2v) is 9.41. The number of aryl methyl sites for hydroxylation is 1. The van der Waals surface area contributed by atoms with Gasteiger partial charge in [-0.15, -0.1) is 0 Å². The standard InChI is InChI=1S/C22H28N8O5/c1-10-4-3-5-12(11(10)2)18(33)26-14-9-30-20(24)25-13(8-29-15(31)6-7-16(29)32)17-21(30,22(14,34)35)28-19(23)27-17/h3-5,13-14,17,34-35H,6-9H2,1-2H3,(H2,24,25)(H,26,33)(H3,23,27,28)/t13-,14-,17-,21-/m0/s1. The first-order valence-corrected chi connectivity index (χ1v) is 11.3. The van der Waals surface area contributed by atoms with Crippen LogP contribution in [-0.2, 0) is 9.59 Å². The summed E-state index contributed by atoms with van der Waals surface area (Å²) in [5.74, 6) is -3.90. The zero-order valence-electron chi connectivity index (χ0n) is 19.4. The fourth-order valence-electron chi connectivity index (χ4n) is 5.48. The van der Waals surface area contributed by atoms with Crippen molar-refractivity contribution in [3.63, 3.8) is 0 Å². The van der Waals surface area contributed by atoms with E-state index in [0.717, 1.165) is 16.0 Å². The number of nitrogens with two attached hydrogens (primary N) is 2. The van der Waals surface area contributed by atoms with E-state index in [0.29, 0.717) is 5.56 Å². The van der Waals surface area contributed by atoms with Crippen molar-refractivity contribution in [2.75, 3.05) is 13.1 Å². The number of guanidine groups is 2. The number of imide groups is 1. The molecule has 0 aliphatic carbocycles. The summed E-state index contributed by atoms with van der Waals surface area (Å²) in [7, 11) is 0. The molecule has 186 valence electrons. The van der Waals surface area contributed by atoms with Gasteiger partial charge < -0.3 is 37.2 Å². The molecule has 0 saturated carbocycles. The highest BCUT2D eigenvalue weighted by molar-refractivity contribution is 6.02. The maximum Gasteiger partial charge on any atom is 0.252 e. The van der Waals surface area contributed by atoms with E-state index in [1.807, 2.05) is 19.9 Å². The number of carbonyl (C=O) groups is 3. The number of rotatable bonds is 4. The van der Waals surface area contributed by atoms with Gasteiger partial charge in [0.05, 0.1) is 12.6 Å². The third kappa shape index (κ3) is 3.18. The Morgan fingerprint density at radius 1 is 1.20 bits per heavy atom. The quantitative estimate of drug-likeness (QED) is 0.193. The molecule has 35 heavy (non-hydrogen) atoms. The van der Waals surface area contributed by atoms with Gasteiger partial charge in [0.2, 0.25) is 17.6 Å². The second-order valence-electron chi connectivity index (χ2n) is 9.41. The van der Waals surface area contributed by atoms with Crippen molar-refractivity contribution in [1.82, 2.24) is 20.4 Å². The summed E-state index contributed by atoms with van der Waals surface area (Å²) in [5, 5.41) is 28.6. The summed E-state index contributed by atoms with van der Waals surface area (Å²) in [5.41, 5.74) is 12.5. The van der Waals surface area contributed by atoms with Crippen LogP contribution in [0.5, 0.6) is 0 Å². The molecule has 2 fully saturated rings. The molecule has 13 nitrogen and oxygen atoms in total. The Kier molecular flexibility index (Phi) is 5.04. The molecular weight excluding hydrogens is 456 g/mol. The summed E-state index contributed by atoms with van der Waals surface area (Å²) in [6, 6.07) is 2.20. The molecule has 4 atom stereocenters. The maximum atomic E-state index is 13.1. The fourth-order valence-corrected chi connectivity index (χ4v) is 5.48. The Labute approximate surface area is 200 Å². The van der Waals surface area contributed by atoms with Crippen molar-refractivity contribution in [3.05, 3.63) is 34.9 Å². The summed E-state index contributed by atoms with van der Waals surface area (Å²) in [6.45, 7) is 3.46. The lowest BCUT2D eigenvalue weighted by Crippen LogP contribution is -2.78. The zero-order valence-corrected chi connectivity index (χ0v) is 19.4. The average molecular weight is 485 g/mol. The third-order valence-corrected chi connectivity index (χ3v) is 7.48. The highest BCUT2D eigenvalue weighted by Gasteiger charge is 2.73. The Morgan fingerprint density at radius 2 is 1.89 bits per heavy atom. The molecule has 4 aliphatic heterocycles. The van der Waals surface area contributed by atoms with E-state index in [1.54, 1.807) is 12.1 Å². The van der Waals surface area contributed by atoms with Crippen molar-refractivity contribution in [2.45, 2.75) is 56.3 Å². The van der Waals surface area contributed by atoms with Crippen LogP contribution in [0.2, 0.25) is 0 Å². The van der Waals surface area contributed by atoms with Gasteiger partial charge in [0.1, 0.15) is 12.1 Å². The Morgan fingerprint density at radius 3 is 2.57 bits per heavy atom. The summed E-state index contributed by atoms with van der Waals surface area (Å²) in [6.07, 6.45) is 0.208. The predicted molar refractivity (Wildman–Crippen MR) is 124 cm³/mol. The Hall–Kier alpha value is -3.71. The van der Waals surface area contributed by atoms with Crippen LogP contribution in [0.15, 0.2) is 28.2 Å². The van der Waals surface area contributed by atoms with Gasteiger partial charge in [-0.3, -0.25) is 19.3 Å². The van der Waals surface area contributed by atoms with Gasteiger partial charge >= 0.3 is 0 Å². The number of nitrogens with zero attached hydrogens (tertiary/aromatic N) is 4. The monoisotopic (exact) mass is 484 g/mol. The lowest BCUT2D eigenvalue weighted by molar-refractivity contribution is -0.230. The van der Waals surface area contributed by atoms with E-state index in [9.17, 15) is 24.6 Å². The average Bonchev–Trinajstić information content (AvgIpc) is 3.38. The van der Waals surface area contributed by atoms with Gasteiger partial charge in [-0.2, -0.15) is 0 Å². The lowest BCUT2D eigenvalue weighted by atomic mass is 9.84. The lowest BCUT2D eigenvalue weighted by Gasteiger charge is -2.49. The Bertz CT molecular complexity index is 1180. The van der Waals surface area contributed by atoms with Gasteiger partial charge in [0, 0.05) is 24.9 Å². The minimum absolute atomic E-state index is 0.0568. The largest absolute Gasteiger partial charge is 0.370 e. The summed E-state index contributed by atoms with van der Waals surface area (Å²) < 4.78 is 0. The SMILES string of the molecule is Cc1cccc(C(=O)N[C@H]2CN3C(N)=N[C@@H](CN4C(=O)CCC4=O)[C@@H]4N=C(N)N[C@@]43C2(O)O)c1C. The molecule has 0 radical (unpaired) electrons. The molecule has 1 aromatic rings. The number of benzene rings is 1. The van der Waals surface area contributed by atoms with Gasteiger partial charge in [-0.25, -0.2) is 9.98 Å². The molecule has 1 spiro atoms. The smallest absolute Gasteiger partial charge is 0.252 e. The van der Waals surface area contributed by atoms with Crippen molar-refractivity contribution in [3.8, 4) is 0 Å². The predicted octanol–water partition coefficient (Wildman–Crippen LogP) is -2.77. The molecule has 13 heteroatoms. The normalized spacial score (nSPS) is 31.0. The second kappa shape index (κ2) is 7.65. The van der Waals surface area contributed by atoms with E-state index in [4.69, 9.17) is 11.5 Å². The highest BCUT2D eigenvalue weighted by Crippen LogP contribution is 2.45. The van der Waals surface area contributed by atoms with Crippen LogP contribution in [0, 0.1) is 13.8 Å². The minimum Gasteiger partial charge on any atom is -0.370 e. The minimum atomic E-state index is -2.60. The van der Waals surface area contributed by atoms with E-state index in [2.05, 4.69) is 20.6 Å². The zero-order chi connectivity index (χ0) is 25.3. The van der Waals surface area contributed by atoms with Crippen molar-refractivity contribution < 1.29 is 24.6 Å². The summed E-state index contributed by atoms with van der Waals surface area (Å²) >= 11 is 0. The van der Waals surface area contributed by atoms with Gasteiger partial charge in [0.15, 0.2) is 17.6 Å². The third-order valence-electron chi connectivity index (χ3n) is 7.48. The van der Waals surface area contributed by atoms with Crippen LogP contribution in [0.25, 0.3) is 0 Å². The van der Waals surface area contributed by atoms with E-state index in [-0.39, 0.29) is 49.7 Å². The molecule has 4 heterocycles. The number of nitrogens with one attached hydrogen (secondary N) is 2. The maximum absolute atomic E-state index is 13.1. The van der Waals surface area contributed by atoms with Crippen LogP contribution in [0.3, 0.4) is 0 Å². The fraction of sp³-hybridized carbons (Fsp3) is 0.500. The van der Waals surface area contributed by atoms with Crippen molar-refractivity contribution >= 4 is 29.6 Å². The topological polar surface area (TPSA) is 199 Å². The molecule has 0 bridgehead atoms. The van der Waals surface area contributed by atoms with Crippen LogP contribution >= 0.6 is 0 Å². The summed E-state index contributed by atoms with van der Waals surface area (Å²) in [4.78, 5) is 48.8. The van der Waals surface area contributed by atoms with Crippen molar-refractivity contribution in [2.24, 2.45) is 21.5 Å². The molecular formula is C22H28N8O5. The van der Waals surface area contributed by atoms with E-state index < -0.39 is 35.5 Å². The molecule has 0 aromatic heterocycles. The number of carbonyl (C=O) groups excluding carboxylic acids is 3. The Balaban J connectivity index is 1.48. The van der Waals surface area contributed by atoms with Crippen LogP contribution in [0.1, 0.15) is 34.3 Å². The molecule has 2 saturated heterocycles. The first-order chi connectivity index (χ1) is 16.5. The van der Waals surface area contributed by atoms with E-state index >= 15 is 0 Å². The molecule has 4 aliphatic rings. The van der Waals surface area contributed by atoms with Crippen LogP contribution in [0.4, 0.5) is 0 Å². The van der Waals surface area contributed by atoms with Crippen LogP contribution in [-0.4, -0.2) is 92.3 Å². The molecule has 0 unspecified atom stereocenters. The number of hydrogen-bond donors (Lipinski definition) is 6. The van der Waals surface area contributed by atoms with Gasteiger partial charge in [-0.1, -0.05) is 12.1 Å².